The van der Waals surface area contributed by atoms with Gasteiger partial charge in [-0.25, -0.2) is 0 Å². The summed E-state index contributed by atoms with van der Waals surface area (Å²) < 4.78 is 63.2. The van der Waals surface area contributed by atoms with Gasteiger partial charge < -0.3 is 0 Å². The smallest absolute Gasteiger partial charge is 0.264 e. The van der Waals surface area contributed by atoms with E-state index in [-0.39, 0.29) is 0 Å². The summed E-state index contributed by atoms with van der Waals surface area (Å²) in [5.41, 5.74) is 0. The van der Waals surface area contributed by atoms with Gasteiger partial charge in [0.2, 0.25) is 0 Å². The Morgan fingerprint density at radius 2 is 0.700 bits per heavy atom. The predicted octanol–water partition coefficient (Wildman–Crippen LogP) is 1.53. The molecule has 2 aromatic rings. The highest BCUT2D eigenvalue weighted by molar-refractivity contribution is 7.80. The number of fused-ring (bicyclic) bond motifs is 1. The summed E-state index contributed by atoms with van der Waals surface area (Å²) in [7, 11) is -9.33. The minimum absolute atomic E-state index is 1.31. The summed E-state index contributed by atoms with van der Waals surface area (Å²) in [5.74, 6) is 0. The van der Waals surface area contributed by atoms with Gasteiger partial charge in [-0.15, -0.1) is 0 Å². The Morgan fingerprint density at radius 3 is 0.850 bits per heavy atom. The lowest BCUT2D eigenvalue weighted by molar-refractivity contribution is 0.378. The van der Waals surface area contributed by atoms with Crippen molar-refractivity contribution in [2.45, 2.75) is 0 Å². The first-order valence-corrected chi connectivity index (χ1v) is 7.60. The van der Waals surface area contributed by atoms with Crippen molar-refractivity contribution in [3.8, 4) is 0 Å². The van der Waals surface area contributed by atoms with Crippen molar-refractivity contribution >= 4 is 31.6 Å². The van der Waals surface area contributed by atoms with Crippen molar-refractivity contribution in [1.82, 2.24) is 0 Å². The van der Waals surface area contributed by atoms with Crippen LogP contribution in [0, 0.1) is 0 Å². The van der Waals surface area contributed by atoms with E-state index in [2.05, 4.69) is 48.5 Å². The maximum Gasteiger partial charge on any atom is 0.394 e. The van der Waals surface area contributed by atoms with Gasteiger partial charge in [0.05, 0.1) is 0 Å². The van der Waals surface area contributed by atoms with E-state index < -0.39 is 20.8 Å². The van der Waals surface area contributed by atoms with Gasteiger partial charge in [0.25, 0.3) is 0 Å². The van der Waals surface area contributed by atoms with E-state index in [0.717, 1.165) is 0 Å². The molecule has 0 amide bonds. The molecule has 2 aromatic carbocycles. The monoisotopic (exact) mass is 324 g/mol. The first kappa shape index (κ1) is 18.4. The molecule has 0 fully saturated rings. The normalized spacial score (nSPS) is 10.8. The second-order valence-electron chi connectivity index (χ2n) is 3.24. The molecule has 0 spiro atoms. The Hall–Kier alpha value is -1.56. The van der Waals surface area contributed by atoms with Crippen LogP contribution in [0.2, 0.25) is 0 Å². The van der Waals surface area contributed by atoms with Gasteiger partial charge in [-0.05, 0) is 10.8 Å². The fourth-order valence-electron chi connectivity index (χ4n) is 1.13. The standard InChI is InChI=1S/C10H8.2H2O4S/c1-2-6-10-8-4-3-7-9(10)5-1;2*1-5(2,3)4/h1-8H;2*(H2,1,2,3,4). The van der Waals surface area contributed by atoms with Gasteiger partial charge in [-0.2, -0.15) is 16.8 Å². The fraction of sp³-hybridized carbons (Fsp3) is 0. The molecule has 2 rings (SSSR count). The largest absolute Gasteiger partial charge is 0.394 e. The molecule has 0 saturated heterocycles. The minimum atomic E-state index is -4.67. The Bertz CT molecular complexity index is 625. The molecule has 0 aliphatic rings. The van der Waals surface area contributed by atoms with Crippen molar-refractivity contribution < 1.29 is 35.0 Å². The average molecular weight is 324 g/mol. The van der Waals surface area contributed by atoms with Crippen LogP contribution in [0.25, 0.3) is 10.8 Å². The SMILES string of the molecule is O=S(=O)(O)O.O=S(=O)(O)O.c1ccc2ccccc2c1. The highest BCUT2D eigenvalue weighted by Crippen LogP contribution is 2.11. The summed E-state index contributed by atoms with van der Waals surface area (Å²) in [4.78, 5) is 0. The van der Waals surface area contributed by atoms with E-state index in [4.69, 9.17) is 35.0 Å². The zero-order valence-electron chi connectivity index (χ0n) is 9.86. The van der Waals surface area contributed by atoms with Crippen molar-refractivity contribution in [3.05, 3.63) is 48.5 Å². The van der Waals surface area contributed by atoms with Crippen molar-refractivity contribution in [1.29, 1.82) is 0 Å². The van der Waals surface area contributed by atoms with E-state index >= 15 is 0 Å². The second-order valence-corrected chi connectivity index (χ2v) is 5.03. The van der Waals surface area contributed by atoms with Crippen molar-refractivity contribution in [3.63, 3.8) is 0 Å². The molecule has 0 bridgehead atoms. The van der Waals surface area contributed by atoms with Crippen LogP contribution in [0.4, 0.5) is 0 Å². The van der Waals surface area contributed by atoms with Crippen molar-refractivity contribution in [2.75, 3.05) is 0 Å². The molecular weight excluding hydrogens is 312 g/mol. The molecule has 0 unspecified atom stereocenters. The zero-order chi connectivity index (χ0) is 15.8. The van der Waals surface area contributed by atoms with Crippen LogP contribution in [-0.2, 0) is 20.8 Å². The highest BCUT2D eigenvalue weighted by atomic mass is 32.3. The molecule has 0 aliphatic heterocycles. The molecule has 0 heterocycles. The van der Waals surface area contributed by atoms with Crippen LogP contribution in [0.5, 0.6) is 0 Å². The van der Waals surface area contributed by atoms with Gasteiger partial charge in [-0.1, -0.05) is 48.5 Å². The zero-order valence-corrected chi connectivity index (χ0v) is 11.5. The lowest BCUT2D eigenvalue weighted by Gasteiger charge is -1.92. The minimum Gasteiger partial charge on any atom is -0.264 e. The summed E-state index contributed by atoms with van der Waals surface area (Å²) in [5, 5.41) is 2.62. The molecule has 0 radical (unpaired) electrons. The van der Waals surface area contributed by atoms with E-state index in [9.17, 15) is 0 Å². The molecule has 0 aromatic heterocycles. The third-order valence-electron chi connectivity index (χ3n) is 1.66. The molecule has 0 atom stereocenters. The molecule has 4 N–H and O–H groups in total. The van der Waals surface area contributed by atoms with Crippen LogP contribution in [0.15, 0.2) is 48.5 Å². The van der Waals surface area contributed by atoms with Crippen LogP contribution >= 0.6 is 0 Å². The van der Waals surface area contributed by atoms with E-state index in [1.165, 1.54) is 10.8 Å². The van der Waals surface area contributed by atoms with E-state index in [1.54, 1.807) is 0 Å². The van der Waals surface area contributed by atoms with Crippen LogP contribution < -0.4 is 0 Å². The lowest BCUT2D eigenvalue weighted by atomic mass is 10.1. The second kappa shape index (κ2) is 7.89. The highest BCUT2D eigenvalue weighted by Gasteiger charge is 1.86. The number of benzene rings is 2. The van der Waals surface area contributed by atoms with Gasteiger partial charge >= 0.3 is 20.8 Å². The van der Waals surface area contributed by atoms with Gasteiger partial charge in [0, 0.05) is 0 Å². The summed E-state index contributed by atoms with van der Waals surface area (Å²) in [6, 6.07) is 16.7. The molecule has 8 nitrogen and oxygen atoms in total. The Labute approximate surface area is 115 Å². The maximum atomic E-state index is 8.74. The Morgan fingerprint density at radius 1 is 0.550 bits per heavy atom. The lowest BCUT2D eigenvalue weighted by Crippen LogP contribution is -1.89. The van der Waals surface area contributed by atoms with Crippen molar-refractivity contribution in [2.24, 2.45) is 0 Å². The number of hydrogen-bond acceptors (Lipinski definition) is 4. The quantitative estimate of drug-likeness (QED) is 0.533. The Kier molecular flexibility index (Phi) is 7.28. The summed E-state index contributed by atoms with van der Waals surface area (Å²) in [6.07, 6.45) is 0. The van der Waals surface area contributed by atoms with Gasteiger partial charge in [-0.3, -0.25) is 18.2 Å². The summed E-state index contributed by atoms with van der Waals surface area (Å²) >= 11 is 0. The molecule has 20 heavy (non-hydrogen) atoms. The first-order valence-electron chi connectivity index (χ1n) is 4.80. The van der Waals surface area contributed by atoms with E-state index in [1.807, 2.05) is 0 Å². The van der Waals surface area contributed by atoms with Gasteiger partial charge in [0.1, 0.15) is 0 Å². The number of hydrogen-bond donors (Lipinski definition) is 4. The van der Waals surface area contributed by atoms with Crippen LogP contribution in [0.3, 0.4) is 0 Å². The number of rotatable bonds is 0. The molecule has 0 aliphatic carbocycles. The maximum absolute atomic E-state index is 8.74. The third-order valence-corrected chi connectivity index (χ3v) is 1.66. The molecule has 0 saturated carbocycles. The predicted molar refractivity (Wildman–Crippen MR) is 72.3 cm³/mol. The van der Waals surface area contributed by atoms with Gasteiger partial charge in [0.15, 0.2) is 0 Å². The summed E-state index contributed by atoms with van der Waals surface area (Å²) in [6.45, 7) is 0. The average Bonchev–Trinajstić information content (AvgIpc) is 2.25. The molecule has 112 valence electrons. The molecule has 10 heteroatoms. The van der Waals surface area contributed by atoms with Crippen LogP contribution in [-0.4, -0.2) is 35.0 Å². The fourth-order valence-corrected chi connectivity index (χ4v) is 1.13. The third kappa shape index (κ3) is 14.5. The first-order chi connectivity index (χ1) is 8.97. The van der Waals surface area contributed by atoms with Crippen LogP contribution in [0.1, 0.15) is 0 Å². The topological polar surface area (TPSA) is 149 Å². The Balaban J connectivity index is 0.000000310. The molecular formula is C10H12O8S2. The van der Waals surface area contributed by atoms with E-state index in [0.29, 0.717) is 0 Å².